The molecule has 5 rings (SSSR count). The Kier molecular flexibility index (Phi) is 3.90. The van der Waals surface area contributed by atoms with Crippen LogP contribution in [-0.4, -0.2) is 54.1 Å². The highest BCUT2D eigenvalue weighted by Crippen LogP contribution is 2.33. The summed E-state index contributed by atoms with van der Waals surface area (Å²) in [5, 5.41) is 0. The second-order valence-corrected chi connectivity index (χ2v) is 7.57. The number of anilines is 1. The largest absolute Gasteiger partial charge is 0.488 e. The Balaban J connectivity index is 1.43. The van der Waals surface area contributed by atoms with E-state index in [4.69, 9.17) is 9.72 Å². The van der Waals surface area contributed by atoms with Gasteiger partial charge in [-0.25, -0.2) is 4.98 Å². The molecule has 0 N–H and O–H groups in total. The molecular formula is C22H24N4O. The van der Waals surface area contributed by atoms with Gasteiger partial charge in [-0.15, -0.1) is 0 Å². The number of imidazole rings is 1. The number of hydrogen-bond donors (Lipinski definition) is 0. The average Bonchev–Trinajstić information content (AvgIpc) is 3.11. The maximum atomic E-state index is 6.11. The van der Waals surface area contributed by atoms with E-state index in [0.29, 0.717) is 6.61 Å². The van der Waals surface area contributed by atoms with Gasteiger partial charge >= 0.3 is 0 Å². The smallest absolute Gasteiger partial charge is 0.137 e. The lowest BCUT2D eigenvalue weighted by Crippen LogP contribution is -2.44. The summed E-state index contributed by atoms with van der Waals surface area (Å²) < 4.78 is 8.17. The molecule has 138 valence electrons. The van der Waals surface area contributed by atoms with Crippen molar-refractivity contribution in [1.82, 2.24) is 14.3 Å². The van der Waals surface area contributed by atoms with Gasteiger partial charge in [0.2, 0.25) is 0 Å². The van der Waals surface area contributed by atoms with Crippen LogP contribution in [0.2, 0.25) is 0 Å². The Bertz CT molecular complexity index is 1030. The van der Waals surface area contributed by atoms with E-state index >= 15 is 0 Å². The molecule has 5 nitrogen and oxygen atoms in total. The minimum atomic E-state index is 0.558. The van der Waals surface area contributed by atoms with Crippen LogP contribution in [-0.2, 0) is 0 Å². The predicted molar refractivity (Wildman–Crippen MR) is 109 cm³/mol. The summed E-state index contributed by atoms with van der Waals surface area (Å²) in [5.74, 6) is 0.967. The van der Waals surface area contributed by atoms with E-state index in [9.17, 15) is 0 Å². The lowest BCUT2D eigenvalue weighted by atomic mass is 10.0. The number of piperazine rings is 1. The van der Waals surface area contributed by atoms with Crippen molar-refractivity contribution in [1.29, 1.82) is 0 Å². The molecule has 5 heteroatoms. The number of fused-ring (bicyclic) bond motifs is 2. The second-order valence-electron chi connectivity index (χ2n) is 7.57. The Labute approximate surface area is 159 Å². The zero-order chi connectivity index (χ0) is 18.4. The molecule has 0 spiro atoms. The summed E-state index contributed by atoms with van der Waals surface area (Å²) in [6.45, 7) is 6.99. The third-order valence-electron chi connectivity index (χ3n) is 5.52. The number of nitrogens with zero attached hydrogens (tertiary/aromatic N) is 4. The van der Waals surface area contributed by atoms with Crippen LogP contribution in [0.3, 0.4) is 0 Å². The highest BCUT2D eigenvalue weighted by Gasteiger charge is 2.19. The number of aryl methyl sites for hydroxylation is 1. The van der Waals surface area contributed by atoms with Gasteiger partial charge in [0.05, 0.1) is 5.69 Å². The molecule has 1 aromatic carbocycles. The lowest BCUT2D eigenvalue weighted by molar-refractivity contribution is 0.312. The molecule has 0 bridgehead atoms. The van der Waals surface area contributed by atoms with Crippen LogP contribution in [0.5, 0.6) is 5.75 Å². The number of likely N-dealkylation sites (N-methyl/N-ethyl adjacent to an activating group) is 1. The van der Waals surface area contributed by atoms with Gasteiger partial charge in [0.1, 0.15) is 18.0 Å². The SMILES string of the molecule is Cc1ccn2cc(C3=Cc4ccc(N5CCN(C)CC5)cc4OC3)nc2c1. The molecule has 0 radical (unpaired) electrons. The number of benzene rings is 1. The van der Waals surface area contributed by atoms with Gasteiger partial charge in [-0.2, -0.15) is 0 Å². The van der Waals surface area contributed by atoms with Crippen molar-refractivity contribution in [3.05, 3.63) is 59.5 Å². The molecule has 1 fully saturated rings. The van der Waals surface area contributed by atoms with Crippen molar-refractivity contribution in [2.75, 3.05) is 44.7 Å². The van der Waals surface area contributed by atoms with Crippen molar-refractivity contribution in [2.45, 2.75) is 6.92 Å². The van der Waals surface area contributed by atoms with Crippen LogP contribution in [0, 0.1) is 6.92 Å². The standard InChI is InChI=1S/C22H24N4O/c1-16-5-6-26-14-20(23-22(26)11-16)18-12-17-3-4-19(13-21(17)27-15-18)25-9-7-24(2)8-10-25/h3-6,11-14H,7-10,15H2,1-2H3. The lowest BCUT2D eigenvalue weighted by Gasteiger charge is -2.34. The molecule has 0 atom stereocenters. The molecule has 2 aromatic heterocycles. The first-order chi connectivity index (χ1) is 13.2. The van der Waals surface area contributed by atoms with Crippen LogP contribution in [0.1, 0.15) is 16.8 Å². The summed E-state index contributed by atoms with van der Waals surface area (Å²) in [6.07, 6.45) is 6.34. The topological polar surface area (TPSA) is 33.0 Å². The van der Waals surface area contributed by atoms with E-state index in [1.54, 1.807) is 0 Å². The van der Waals surface area contributed by atoms with E-state index in [2.05, 4.69) is 77.0 Å². The molecular weight excluding hydrogens is 336 g/mol. The summed E-state index contributed by atoms with van der Waals surface area (Å²) >= 11 is 0. The Morgan fingerprint density at radius 1 is 1.04 bits per heavy atom. The maximum Gasteiger partial charge on any atom is 0.137 e. The fraction of sp³-hybridized carbons (Fsp3) is 0.318. The molecule has 2 aliphatic heterocycles. The molecule has 27 heavy (non-hydrogen) atoms. The van der Waals surface area contributed by atoms with Gasteiger partial charge < -0.3 is 18.9 Å². The van der Waals surface area contributed by atoms with Crippen molar-refractivity contribution in [3.8, 4) is 5.75 Å². The highest BCUT2D eigenvalue weighted by molar-refractivity contribution is 5.85. The number of ether oxygens (including phenoxy) is 1. The van der Waals surface area contributed by atoms with Crippen LogP contribution in [0.4, 0.5) is 5.69 Å². The van der Waals surface area contributed by atoms with Crippen LogP contribution in [0.25, 0.3) is 17.3 Å². The number of hydrogen-bond acceptors (Lipinski definition) is 4. The molecule has 0 saturated carbocycles. The van der Waals surface area contributed by atoms with E-state index < -0.39 is 0 Å². The molecule has 0 aliphatic carbocycles. The van der Waals surface area contributed by atoms with Gasteiger partial charge in [-0.05, 0) is 49.9 Å². The van der Waals surface area contributed by atoms with Crippen molar-refractivity contribution in [2.24, 2.45) is 0 Å². The molecule has 4 heterocycles. The zero-order valence-electron chi connectivity index (χ0n) is 15.9. The molecule has 0 amide bonds. The molecule has 3 aromatic rings. The van der Waals surface area contributed by atoms with E-state index in [1.807, 2.05) is 0 Å². The van der Waals surface area contributed by atoms with Gasteiger partial charge in [0.15, 0.2) is 0 Å². The normalized spacial score (nSPS) is 17.6. The molecule has 1 saturated heterocycles. The van der Waals surface area contributed by atoms with Gasteiger partial charge in [0, 0.05) is 61.5 Å². The highest BCUT2D eigenvalue weighted by atomic mass is 16.5. The summed E-state index contributed by atoms with van der Waals surface area (Å²) in [6, 6.07) is 10.8. The first-order valence-electron chi connectivity index (χ1n) is 9.52. The van der Waals surface area contributed by atoms with Crippen LogP contribution < -0.4 is 9.64 Å². The van der Waals surface area contributed by atoms with Gasteiger partial charge in [-0.3, -0.25) is 0 Å². The third kappa shape index (κ3) is 3.08. The molecule has 0 unspecified atom stereocenters. The number of rotatable bonds is 2. The summed E-state index contributed by atoms with van der Waals surface area (Å²) in [4.78, 5) is 9.58. The summed E-state index contributed by atoms with van der Waals surface area (Å²) in [5.41, 5.74) is 6.67. The second kappa shape index (κ2) is 6.43. The fourth-order valence-corrected chi connectivity index (χ4v) is 3.80. The van der Waals surface area contributed by atoms with E-state index in [-0.39, 0.29) is 0 Å². The van der Waals surface area contributed by atoms with Crippen molar-refractivity contribution < 1.29 is 4.74 Å². The van der Waals surface area contributed by atoms with Gasteiger partial charge in [0.25, 0.3) is 0 Å². The predicted octanol–water partition coefficient (Wildman–Crippen LogP) is 3.33. The Morgan fingerprint density at radius 2 is 1.89 bits per heavy atom. The zero-order valence-corrected chi connectivity index (χ0v) is 15.9. The fourth-order valence-electron chi connectivity index (χ4n) is 3.80. The summed E-state index contributed by atoms with van der Waals surface area (Å²) in [7, 11) is 2.18. The van der Waals surface area contributed by atoms with Crippen molar-refractivity contribution >= 4 is 23.0 Å². The van der Waals surface area contributed by atoms with Crippen LogP contribution in [0.15, 0.2) is 42.7 Å². The third-order valence-corrected chi connectivity index (χ3v) is 5.52. The minimum Gasteiger partial charge on any atom is -0.488 e. The first-order valence-corrected chi connectivity index (χ1v) is 9.52. The van der Waals surface area contributed by atoms with Crippen LogP contribution >= 0.6 is 0 Å². The molecule has 2 aliphatic rings. The maximum absolute atomic E-state index is 6.11. The number of aromatic nitrogens is 2. The Hall–Kier alpha value is -2.79. The number of pyridine rings is 1. The first kappa shape index (κ1) is 16.4. The Morgan fingerprint density at radius 3 is 2.74 bits per heavy atom. The quantitative estimate of drug-likeness (QED) is 0.702. The monoisotopic (exact) mass is 360 g/mol. The average molecular weight is 360 g/mol. The van der Waals surface area contributed by atoms with E-state index in [1.165, 1.54) is 11.3 Å². The van der Waals surface area contributed by atoms with Crippen molar-refractivity contribution in [3.63, 3.8) is 0 Å². The van der Waals surface area contributed by atoms with Gasteiger partial charge in [-0.1, -0.05) is 0 Å². The minimum absolute atomic E-state index is 0.558. The van der Waals surface area contributed by atoms with E-state index in [0.717, 1.165) is 54.4 Å².